The number of para-hydroxylation sites is 1. The molecule has 1 unspecified atom stereocenters. The van der Waals surface area contributed by atoms with E-state index in [-0.39, 0.29) is 23.7 Å². The molecule has 5 rings (SSSR count). The molecule has 6 nitrogen and oxygen atoms in total. The third-order valence-electron chi connectivity index (χ3n) is 5.93. The molecule has 0 bridgehead atoms. The molecule has 0 aliphatic carbocycles. The normalized spacial score (nSPS) is 20.9. The maximum absolute atomic E-state index is 14.2. The van der Waals surface area contributed by atoms with E-state index >= 15 is 0 Å². The highest BCUT2D eigenvalue weighted by Gasteiger charge is 2.33. The third kappa shape index (κ3) is 2.86. The Morgan fingerprint density at radius 3 is 2.82 bits per heavy atom. The van der Waals surface area contributed by atoms with Crippen LogP contribution in [0.5, 0.6) is 0 Å². The Morgan fingerprint density at radius 1 is 1.18 bits per heavy atom. The lowest BCUT2D eigenvalue weighted by Gasteiger charge is -2.31. The lowest BCUT2D eigenvalue weighted by molar-refractivity contribution is -0.116. The number of hydrogen-bond acceptors (Lipinski definition) is 4. The van der Waals surface area contributed by atoms with Gasteiger partial charge in [-0.1, -0.05) is 18.2 Å². The first-order valence-corrected chi connectivity index (χ1v) is 9.71. The molecule has 4 heterocycles. The maximum Gasteiger partial charge on any atom is 0.226 e. The zero-order valence-electron chi connectivity index (χ0n) is 15.7. The second kappa shape index (κ2) is 6.67. The van der Waals surface area contributed by atoms with Gasteiger partial charge >= 0.3 is 0 Å². The standard InChI is InChI=1S/C21H22FN5O/c1-26-9-7-14(8-10-26)27-21-16(12-23-27)15(11-19(28)25-21)18-6-5-13-3-2-4-17(22)20(13)24-18/h2-6,12,14-15H,7-11H2,1H3,(H,25,28). The predicted molar refractivity (Wildman–Crippen MR) is 105 cm³/mol. The van der Waals surface area contributed by atoms with Crippen molar-refractivity contribution >= 4 is 22.6 Å². The maximum atomic E-state index is 14.2. The molecule has 1 amide bonds. The van der Waals surface area contributed by atoms with E-state index in [1.165, 1.54) is 6.07 Å². The van der Waals surface area contributed by atoms with Gasteiger partial charge in [0, 0.05) is 29.0 Å². The summed E-state index contributed by atoms with van der Waals surface area (Å²) in [5.74, 6) is 0.156. The number of likely N-dealkylation sites (tertiary alicyclic amines) is 1. The molecule has 1 aromatic carbocycles. The molecule has 0 spiro atoms. The van der Waals surface area contributed by atoms with E-state index in [1.807, 2.05) is 29.1 Å². The van der Waals surface area contributed by atoms with E-state index in [9.17, 15) is 9.18 Å². The number of benzene rings is 1. The zero-order chi connectivity index (χ0) is 19.3. The number of rotatable bonds is 2. The minimum atomic E-state index is -0.346. The summed E-state index contributed by atoms with van der Waals surface area (Å²) in [5, 5.41) is 8.39. The molecular formula is C21H22FN5O. The summed E-state index contributed by atoms with van der Waals surface area (Å²) in [6.07, 6.45) is 4.14. The van der Waals surface area contributed by atoms with Crippen LogP contribution in [0.15, 0.2) is 36.5 Å². The Morgan fingerprint density at radius 2 is 2.00 bits per heavy atom. The van der Waals surface area contributed by atoms with Crippen molar-refractivity contribution < 1.29 is 9.18 Å². The van der Waals surface area contributed by atoms with Crippen molar-refractivity contribution in [1.29, 1.82) is 0 Å². The molecule has 28 heavy (non-hydrogen) atoms. The van der Waals surface area contributed by atoms with Gasteiger partial charge in [-0.15, -0.1) is 0 Å². The molecule has 7 heteroatoms. The highest BCUT2D eigenvalue weighted by atomic mass is 19.1. The average Bonchev–Trinajstić information content (AvgIpc) is 3.12. The number of hydrogen-bond donors (Lipinski definition) is 1. The summed E-state index contributed by atoms with van der Waals surface area (Å²) in [5.41, 5.74) is 2.01. The first-order chi connectivity index (χ1) is 13.6. The van der Waals surface area contributed by atoms with Crippen molar-refractivity contribution in [3.63, 3.8) is 0 Å². The Bertz CT molecular complexity index is 1050. The third-order valence-corrected chi connectivity index (χ3v) is 5.93. The smallest absolute Gasteiger partial charge is 0.226 e. The second-order valence-corrected chi connectivity index (χ2v) is 7.78. The van der Waals surface area contributed by atoms with Gasteiger partial charge in [0.25, 0.3) is 0 Å². The minimum absolute atomic E-state index is 0.0531. The Labute approximate surface area is 162 Å². The van der Waals surface area contributed by atoms with Gasteiger partial charge in [-0.25, -0.2) is 14.1 Å². The van der Waals surface area contributed by atoms with Crippen molar-refractivity contribution in [2.24, 2.45) is 0 Å². The van der Waals surface area contributed by atoms with Crippen LogP contribution in [0.1, 0.15) is 42.5 Å². The molecular weight excluding hydrogens is 357 g/mol. The van der Waals surface area contributed by atoms with Crippen LogP contribution in [-0.2, 0) is 4.79 Å². The largest absolute Gasteiger partial charge is 0.311 e. The van der Waals surface area contributed by atoms with E-state index in [4.69, 9.17) is 0 Å². The molecule has 1 fully saturated rings. The molecule has 2 aromatic heterocycles. The van der Waals surface area contributed by atoms with Crippen LogP contribution in [0.2, 0.25) is 0 Å². The van der Waals surface area contributed by atoms with Crippen molar-refractivity contribution in [2.75, 3.05) is 25.5 Å². The number of aromatic nitrogens is 3. The fraction of sp³-hybridized carbons (Fsp3) is 0.381. The van der Waals surface area contributed by atoms with Crippen LogP contribution in [-0.4, -0.2) is 45.7 Å². The Balaban J connectivity index is 1.55. The fourth-order valence-corrected chi connectivity index (χ4v) is 4.34. The summed E-state index contributed by atoms with van der Waals surface area (Å²) in [4.78, 5) is 19.3. The van der Waals surface area contributed by atoms with Gasteiger partial charge in [-0.3, -0.25) is 4.79 Å². The van der Waals surface area contributed by atoms with Crippen molar-refractivity contribution in [3.05, 3.63) is 53.6 Å². The number of amides is 1. The molecule has 1 atom stereocenters. The molecule has 1 N–H and O–H groups in total. The van der Waals surface area contributed by atoms with Gasteiger partial charge in [-0.2, -0.15) is 5.10 Å². The number of nitrogens with zero attached hydrogens (tertiary/aromatic N) is 4. The monoisotopic (exact) mass is 379 g/mol. The van der Waals surface area contributed by atoms with Crippen molar-refractivity contribution in [1.82, 2.24) is 19.7 Å². The van der Waals surface area contributed by atoms with Crippen LogP contribution in [0.25, 0.3) is 10.9 Å². The van der Waals surface area contributed by atoms with Gasteiger partial charge in [-0.05, 0) is 45.1 Å². The summed E-state index contributed by atoms with van der Waals surface area (Å²) in [6.45, 7) is 2.03. The first-order valence-electron chi connectivity index (χ1n) is 9.71. The van der Waals surface area contributed by atoms with Gasteiger partial charge in [0.2, 0.25) is 5.91 Å². The highest BCUT2D eigenvalue weighted by molar-refractivity contribution is 5.94. The quantitative estimate of drug-likeness (QED) is 0.742. The van der Waals surface area contributed by atoms with E-state index in [0.717, 1.165) is 42.7 Å². The number of nitrogens with one attached hydrogen (secondary N) is 1. The summed E-state index contributed by atoms with van der Waals surface area (Å²) < 4.78 is 16.2. The number of pyridine rings is 1. The number of carbonyl (C=O) groups is 1. The lowest BCUT2D eigenvalue weighted by Crippen LogP contribution is -2.33. The topological polar surface area (TPSA) is 63.1 Å². The number of piperidine rings is 1. The molecule has 0 radical (unpaired) electrons. The van der Waals surface area contributed by atoms with Gasteiger partial charge in [0.1, 0.15) is 17.2 Å². The first kappa shape index (κ1) is 17.3. The number of fused-ring (bicyclic) bond motifs is 2. The van der Waals surface area contributed by atoms with E-state index in [2.05, 4.69) is 27.3 Å². The predicted octanol–water partition coefficient (Wildman–Crippen LogP) is 3.31. The SMILES string of the molecule is CN1CCC(n2ncc3c2NC(=O)CC3c2ccc3cccc(F)c3n2)CC1. The van der Waals surface area contributed by atoms with Crippen molar-refractivity contribution in [2.45, 2.75) is 31.2 Å². The van der Waals surface area contributed by atoms with Crippen LogP contribution in [0.4, 0.5) is 10.2 Å². The van der Waals surface area contributed by atoms with E-state index < -0.39 is 0 Å². The highest BCUT2D eigenvalue weighted by Crippen LogP contribution is 2.39. The average molecular weight is 379 g/mol. The molecule has 0 saturated carbocycles. The molecule has 3 aromatic rings. The van der Waals surface area contributed by atoms with Gasteiger partial charge in [0.15, 0.2) is 0 Å². The van der Waals surface area contributed by atoms with E-state index in [0.29, 0.717) is 17.6 Å². The summed E-state index contributed by atoms with van der Waals surface area (Å²) in [6, 6.07) is 8.97. The summed E-state index contributed by atoms with van der Waals surface area (Å²) >= 11 is 0. The van der Waals surface area contributed by atoms with Crippen molar-refractivity contribution in [3.8, 4) is 0 Å². The van der Waals surface area contributed by atoms with Crippen LogP contribution in [0, 0.1) is 5.82 Å². The number of carbonyl (C=O) groups excluding carboxylic acids is 1. The van der Waals surface area contributed by atoms with Gasteiger partial charge < -0.3 is 10.2 Å². The second-order valence-electron chi connectivity index (χ2n) is 7.78. The molecule has 1 saturated heterocycles. The Hall–Kier alpha value is -2.80. The van der Waals surface area contributed by atoms with Crippen LogP contribution >= 0.6 is 0 Å². The molecule has 2 aliphatic rings. The zero-order valence-corrected chi connectivity index (χ0v) is 15.7. The van der Waals surface area contributed by atoms with Crippen LogP contribution < -0.4 is 5.32 Å². The number of anilines is 1. The van der Waals surface area contributed by atoms with Crippen LogP contribution in [0.3, 0.4) is 0 Å². The van der Waals surface area contributed by atoms with Gasteiger partial charge in [0.05, 0.1) is 12.2 Å². The molecule has 2 aliphatic heterocycles. The lowest BCUT2D eigenvalue weighted by atomic mass is 9.90. The Kier molecular flexibility index (Phi) is 4.12. The fourth-order valence-electron chi connectivity index (χ4n) is 4.34. The minimum Gasteiger partial charge on any atom is -0.311 e. The number of halogens is 1. The summed E-state index contributed by atoms with van der Waals surface area (Å²) in [7, 11) is 2.12. The van der Waals surface area contributed by atoms with E-state index in [1.54, 1.807) is 6.07 Å². The molecule has 144 valence electrons.